The average molecular weight is 342 g/mol. The van der Waals surface area contributed by atoms with E-state index in [1.807, 2.05) is 6.07 Å². The number of hydrogen-bond donors (Lipinski definition) is 1. The summed E-state index contributed by atoms with van der Waals surface area (Å²) < 4.78 is 5.37. The number of ether oxygens (including phenoxy) is 1. The fourth-order valence-corrected chi connectivity index (χ4v) is 5.15. The summed E-state index contributed by atoms with van der Waals surface area (Å²) in [5.74, 6) is 1.19. The van der Waals surface area contributed by atoms with Crippen LogP contribution < -0.4 is 10.1 Å². The van der Waals surface area contributed by atoms with Crippen molar-refractivity contribution >= 4 is 5.91 Å². The molecule has 2 fully saturated rings. The molecule has 4 rings (SSSR count). The van der Waals surface area contributed by atoms with Crippen molar-refractivity contribution < 1.29 is 9.53 Å². The lowest BCUT2D eigenvalue weighted by molar-refractivity contribution is -0.133. The zero-order valence-corrected chi connectivity index (χ0v) is 15.4. The summed E-state index contributed by atoms with van der Waals surface area (Å²) >= 11 is 0. The minimum atomic E-state index is -0.236. The molecule has 1 heterocycles. The van der Waals surface area contributed by atoms with Crippen LogP contribution in [-0.2, 0) is 11.2 Å². The molecule has 0 bridgehead atoms. The number of rotatable bonds is 4. The maximum absolute atomic E-state index is 13.4. The number of amides is 1. The van der Waals surface area contributed by atoms with Gasteiger partial charge >= 0.3 is 0 Å². The first kappa shape index (κ1) is 16.9. The predicted molar refractivity (Wildman–Crippen MR) is 98.8 cm³/mol. The summed E-state index contributed by atoms with van der Waals surface area (Å²) in [5, 5.41) is 3.45. The van der Waals surface area contributed by atoms with E-state index in [1.54, 1.807) is 7.11 Å². The zero-order chi connectivity index (χ0) is 17.3. The van der Waals surface area contributed by atoms with Gasteiger partial charge in [0.25, 0.3) is 0 Å². The van der Waals surface area contributed by atoms with Crippen molar-refractivity contribution in [3.05, 3.63) is 29.3 Å². The van der Waals surface area contributed by atoms with Gasteiger partial charge in [-0.3, -0.25) is 9.69 Å². The largest absolute Gasteiger partial charge is 0.497 e. The number of carbonyl (C=O) groups excluding carboxylic acids is 1. The predicted octanol–water partition coefficient (Wildman–Crippen LogP) is 3.60. The van der Waals surface area contributed by atoms with Crippen molar-refractivity contribution in [1.82, 2.24) is 10.2 Å². The number of nitrogens with zero attached hydrogens (tertiary/aromatic N) is 1. The molecule has 1 saturated heterocycles. The van der Waals surface area contributed by atoms with E-state index in [-0.39, 0.29) is 17.5 Å². The quantitative estimate of drug-likeness (QED) is 0.909. The number of fused-ring (bicyclic) bond motifs is 1. The third kappa shape index (κ3) is 3.05. The van der Waals surface area contributed by atoms with Gasteiger partial charge in [0.05, 0.1) is 13.2 Å². The average Bonchev–Trinajstić information content (AvgIpc) is 3.33. The Kier molecular flexibility index (Phi) is 4.72. The molecule has 4 heteroatoms. The van der Waals surface area contributed by atoms with Crippen molar-refractivity contribution in [2.24, 2.45) is 0 Å². The van der Waals surface area contributed by atoms with Crippen molar-refractivity contribution in [3.8, 4) is 5.75 Å². The molecule has 136 valence electrons. The van der Waals surface area contributed by atoms with Gasteiger partial charge in [0, 0.05) is 0 Å². The van der Waals surface area contributed by atoms with Gasteiger partial charge in [0.2, 0.25) is 5.91 Å². The van der Waals surface area contributed by atoms with Gasteiger partial charge in [0.15, 0.2) is 0 Å². The number of nitrogens with one attached hydrogen (secondary N) is 1. The number of hydrogen-bond acceptors (Lipinski definition) is 3. The van der Waals surface area contributed by atoms with Crippen LogP contribution >= 0.6 is 0 Å². The number of methoxy groups -OCH3 is 1. The molecule has 1 atom stereocenters. The Hall–Kier alpha value is -1.55. The lowest BCUT2D eigenvalue weighted by Crippen LogP contribution is -2.57. The van der Waals surface area contributed by atoms with Crippen molar-refractivity contribution in [1.29, 1.82) is 0 Å². The van der Waals surface area contributed by atoms with Gasteiger partial charge in [-0.15, -0.1) is 0 Å². The molecule has 1 amide bonds. The Bertz CT molecular complexity index is 631. The van der Waals surface area contributed by atoms with Crippen LogP contribution in [0.3, 0.4) is 0 Å². The molecule has 0 spiro atoms. The normalized spacial score (nSPS) is 25.6. The number of carbonyl (C=O) groups is 1. The molecule has 0 radical (unpaired) electrons. The van der Waals surface area contributed by atoms with Crippen LogP contribution in [0.25, 0.3) is 0 Å². The third-order valence-electron chi connectivity index (χ3n) is 6.53. The second-order valence-electron chi connectivity index (χ2n) is 7.92. The first-order chi connectivity index (χ1) is 12.2. The molecule has 1 unspecified atom stereocenters. The fourth-order valence-electron chi connectivity index (χ4n) is 5.15. The van der Waals surface area contributed by atoms with Gasteiger partial charge in [0.1, 0.15) is 11.3 Å². The Balaban J connectivity index is 1.55. The molecule has 1 saturated carbocycles. The molecule has 1 N–H and O–H groups in total. The monoisotopic (exact) mass is 342 g/mol. The highest BCUT2D eigenvalue weighted by Gasteiger charge is 2.47. The first-order valence-electron chi connectivity index (χ1n) is 9.96. The van der Waals surface area contributed by atoms with E-state index in [0.717, 1.165) is 50.9 Å². The smallest absolute Gasteiger partial charge is 0.241 e. The molecule has 1 aromatic rings. The van der Waals surface area contributed by atoms with E-state index < -0.39 is 0 Å². The number of benzene rings is 1. The van der Waals surface area contributed by atoms with E-state index in [0.29, 0.717) is 0 Å². The van der Waals surface area contributed by atoms with Crippen LogP contribution in [0.5, 0.6) is 5.75 Å². The third-order valence-corrected chi connectivity index (χ3v) is 6.53. The summed E-state index contributed by atoms with van der Waals surface area (Å²) in [5.41, 5.74) is 2.38. The van der Waals surface area contributed by atoms with Gasteiger partial charge in [-0.25, -0.2) is 0 Å². The summed E-state index contributed by atoms with van der Waals surface area (Å²) in [6, 6.07) is 6.46. The van der Waals surface area contributed by atoms with Gasteiger partial charge < -0.3 is 10.1 Å². The van der Waals surface area contributed by atoms with E-state index in [4.69, 9.17) is 4.74 Å². The molecule has 1 aromatic carbocycles. The second kappa shape index (κ2) is 6.99. The van der Waals surface area contributed by atoms with E-state index in [1.165, 1.54) is 36.8 Å². The molecule has 2 aliphatic carbocycles. The maximum Gasteiger partial charge on any atom is 0.241 e. The fraction of sp³-hybridized carbons (Fsp3) is 0.667. The Labute approximate surface area is 150 Å². The summed E-state index contributed by atoms with van der Waals surface area (Å²) in [4.78, 5) is 15.9. The Morgan fingerprint density at radius 1 is 1.16 bits per heavy atom. The molecule has 4 nitrogen and oxygen atoms in total. The SMILES string of the molecule is COc1ccc2c(c1)CCCC2NC(=O)C1(N2CCCC2)CCCC1. The number of likely N-dealkylation sites (tertiary alicyclic amines) is 1. The van der Waals surface area contributed by atoms with Crippen LogP contribution in [0.15, 0.2) is 18.2 Å². The molecule has 3 aliphatic rings. The summed E-state index contributed by atoms with van der Waals surface area (Å²) in [7, 11) is 1.71. The minimum absolute atomic E-state index is 0.155. The minimum Gasteiger partial charge on any atom is -0.497 e. The maximum atomic E-state index is 13.4. The zero-order valence-electron chi connectivity index (χ0n) is 15.4. The van der Waals surface area contributed by atoms with E-state index >= 15 is 0 Å². The lowest BCUT2D eigenvalue weighted by Gasteiger charge is -2.39. The van der Waals surface area contributed by atoms with Crippen LogP contribution in [-0.4, -0.2) is 36.5 Å². The van der Waals surface area contributed by atoms with E-state index in [2.05, 4.69) is 22.3 Å². The summed E-state index contributed by atoms with van der Waals surface area (Å²) in [6.45, 7) is 2.18. The van der Waals surface area contributed by atoms with Gasteiger partial charge in [-0.2, -0.15) is 0 Å². The van der Waals surface area contributed by atoms with Crippen LogP contribution in [0, 0.1) is 0 Å². The van der Waals surface area contributed by atoms with Crippen molar-refractivity contribution in [2.75, 3.05) is 20.2 Å². The van der Waals surface area contributed by atoms with Crippen LogP contribution in [0.1, 0.15) is 68.5 Å². The summed E-state index contributed by atoms with van der Waals surface area (Å²) in [6.07, 6.45) is 10.1. The Morgan fingerprint density at radius 2 is 1.92 bits per heavy atom. The topological polar surface area (TPSA) is 41.6 Å². The molecule has 0 aromatic heterocycles. The Morgan fingerprint density at radius 3 is 2.64 bits per heavy atom. The molecular weight excluding hydrogens is 312 g/mol. The van der Waals surface area contributed by atoms with Gasteiger partial charge in [-0.1, -0.05) is 18.9 Å². The molecule has 1 aliphatic heterocycles. The number of aryl methyl sites for hydroxylation is 1. The van der Waals surface area contributed by atoms with Crippen molar-refractivity contribution in [2.45, 2.75) is 69.4 Å². The lowest BCUT2D eigenvalue weighted by atomic mass is 9.86. The second-order valence-corrected chi connectivity index (χ2v) is 7.92. The van der Waals surface area contributed by atoms with Crippen LogP contribution in [0.2, 0.25) is 0 Å². The first-order valence-corrected chi connectivity index (χ1v) is 9.96. The van der Waals surface area contributed by atoms with Crippen LogP contribution in [0.4, 0.5) is 0 Å². The highest BCUT2D eigenvalue weighted by Crippen LogP contribution is 2.39. The molecular formula is C21H30N2O2. The van der Waals surface area contributed by atoms with E-state index in [9.17, 15) is 4.79 Å². The highest BCUT2D eigenvalue weighted by molar-refractivity contribution is 5.87. The standard InChI is InChI=1S/C21H30N2O2/c1-25-17-9-10-18-16(15-17)7-6-8-19(18)22-20(24)21(11-2-3-12-21)23-13-4-5-14-23/h9-10,15,19H,2-8,11-14H2,1H3,(H,22,24). The molecule has 25 heavy (non-hydrogen) atoms. The van der Waals surface area contributed by atoms with Gasteiger partial charge in [-0.05, 0) is 81.3 Å². The van der Waals surface area contributed by atoms with Crippen molar-refractivity contribution in [3.63, 3.8) is 0 Å². The highest BCUT2D eigenvalue weighted by atomic mass is 16.5.